The number of hydrogen-bond acceptors (Lipinski definition) is 13. The third kappa shape index (κ3) is 9.69. The van der Waals surface area contributed by atoms with E-state index in [1.54, 1.807) is 27.7 Å². The Morgan fingerprint density at radius 2 is 1.39 bits per heavy atom. The first-order valence-corrected chi connectivity index (χ1v) is 21.8. The first kappa shape index (κ1) is 44.4. The number of ether oxygens (including phenoxy) is 5. The lowest BCUT2D eigenvalue weighted by atomic mass is 9.80. The first-order valence-electron chi connectivity index (χ1n) is 20.7. The number of nitriles is 1. The fraction of sp³-hybridized carbons (Fsp3) is 0.362. The van der Waals surface area contributed by atoms with Crippen LogP contribution >= 0.6 is 8.53 Å². The predicted molar refractivity (Wildman–Crippen MR) is 238 cm³/mol. The molecule has 1 N–H and O–H groups in total. The molecule has 0 saturated carbocycles. The van der Waals surface area contributed by atoms with Crippen molar-refractivity contribution >= 4 is 31.2 Å². The van der Waals surface area contributed by atoms with Crippen LogP contribution in [-0.2, 0) is 24.1 Å². The number of methoxy groups -OCH3 is 3. The van der Waals surface area contributed by atoms with E-state index < -0.39 is 32.6 Å². The highest BCUT2D eigenvalue weighted by atomic mass is 31.2. The summed E-state index contributed by atoms with van der Waals surface area (Å²) in [7, 11) is 3.31. The Morgan fingerprint density at radius 1 is 0.806 bits per heavy atom. The zero-order chi connectivity index (χ0) is 43.6. The van der Waals surface area contributed by atoms with Gasteiger partial charge in [0.1, 0.15) is 41.5 Å². The number of hydrogen-bond donors (Lipinski definition) is 1. The minimum atomic E-state index is -1.63. The van der Waals surface area contributed by atoms with Crippen LogP contribution in [0.1, 0.15) is 63.5 Å². The van der Waals surface area contributed by atoms with Crippen molar-refractivity contribution in [3.05, 3.63) is 132 Å². The quantitative estimate of drug-likeness (QED) is 0.0442. The number of aromatic nitrogens is 4. The van der Waals surface area contributed by atoms with Gasteiger partial charge in [-0.1, -0.05) is 54.6 Å². The van der Waals surface area contributed by atoms with Crippen LogP contribution in [-0.4, -0.2) is 83.0 Å². The Kier molecular flexibility index (Phi) is 14.7. The lowest BCUT2D eigenvalue weighted by molar-refractivity contribution is -0.0912. The Labute approximate surface area is 364 Å². The molecular weight excluding hydrogens is 806 g/mol. The monoisotopic (exact) mass is 859 g/mol. The number of benzene rings is 4. The van der Waals surface area contributed by atoms with Gasteiger partial charge in [-0.05, 0) is 92.9 Å². The number of rotatable bonds is 20. The molecule has 1 aliphatic heterocycles. The van der Waals surface area contributed by atoms with Crippen LogP contribution in [0, 0.1) is 11.3 Å². The van der Waals surface area contributed by atoms with Crippen LogP contribution < -0.4 is 19.5 Å². The second-order valence-electron chi connectivity index (χ2n) is 15.3. The predicted octanol–water partition coefficient (Wildman–Crippen LogP) is 9.55. The highest BCUT2D eigenvalue weighted by Crippen LogP contribution is 2.51. The largest absolute Gasteiger partial charge is 0.497 e. The van der Waals surface area contributed by atoms with Crippen LogP contribution in [0.15, 0.2) is 116 Å². The fourth-order valence-electron chi connectivity index (χ4n) is 7.79. The molecular formula is C47H54N7O7P. The van der Waals surface area contributed by atoms with E-state index in [-0.39, 0.29) is 31.7 Å². The summed E-state index contributed by atoms with van der Waals surface area (Å²) >= 11 is 0. The average molecular weight is 860 g/mol. The van der Waals surface area contributed by atoms with Crippen LogP contribution in [0.3, 0.4) is 0 Å². The number of imidazole rings is 1. The van der Waals surface area contributed by atoms with Crippen LogP contribution in [0.4, 0.5) is 11.5 Å². The zero-order valence-electron chi connectivity index (χ0n) is 36.2. The lowest BCUT2D eigenvalue weighted by Crippen LogP contribution is -2.39. The molecule has 1 fully saturated rings. The molecule has 0 aliphatic carbocycles. The topological polar surface area (TPSA) is 147 Å². The molecule has 1 unspecified atom stereocenters. The first-order chi connectivity index (χ1) is 30.2. The van der Waals surface area contributed by atoms with Crippen molar-refractivity contribution in [1.29, 1.82) is 5.26 Å². The van der Waals surface area contributed by atoms with Crippen molar-refractivity contribution in [2.24, 2.45) is 0 Å². The van der Waals surface area contributed by atoms with E-state index in [1.165, 1.54) is 6.33 Å². The molecule has 0 spiro atoms. The lowest BCUT2D eigenvalue weighted by Gasteiger charge is -2.39. The van der Waals surface area contributed by atoms with Crippen molar-refractivity contribution in [3.8, 4) is 23.3 Å². The molecule has 15 heteroatoms. The van der Waals surface area contributed by atoms with Gasteiger partial charge in [-0.15, -0.1) is 0 Å². The molecule has 0 amide bonds. The maximum absolute atomic E-state index is 9.44. The van der Waals surface area contributed by atoms with Gasteiger partial charge in [-0.3, -0.25) is 4.57 Å². The summed E-state index contributed by atoms with van der Waals surface area (Å²) in [4.78, 5) is 14.0. The van der Waals surface area contributed by atoms with Crippen molar-refractivity contribution in [3.63, 3.8) is 0 Å². The molecule has 4 aromatic carbocycles. The van der Waals surface area contributed by atoms with Gasteiger partial charge in [-0.25, -0.2) is 19.6 Å². The van der Waals surface area contributed by atoms with Crippen LogP contribution in [0.2, 0.25) is 0 Å². The SMILES string of the molecule is COc1ccc(Nc2ncnc3c2ncn3[C@H]2C[C@H](OP(OCCC#N)N(C(C)C)C(C)C)[C@@H](COC(c3ccccc3)(c3ccc(OC)cc3)c3ccc(OC)cc3)O2)cc1. The molecule has 4 atom stereocenters. The second-order valence-corrected chi connectivity index (χ2v) is 16.7. The van der Waals surface area contributed by atoms with Gasteiger partial charge in [0, 0.05) is 24.2 Å². The van der Waals surface area contributed by atoms with Gasteiger partial charge in [0.2, 0.25) is 0 Å². The molecule has 14 nitrogen and oxygen atoms in total. The second kappa shape index (κ2) is 20.5. The Bertz CT molecular complexity index is 2320. The Balaban J connectivity index is 1.28. The van der Waals surface area contributed by atoms with Gasteiger partial charge < -0.3 is 38.0 Å². The standard InChI is InChI=1S/C47H54N7O7P/c1-32(2)54(33(3)4)62(59-27-11-26-48)61-41-28-43(53-31-51-44-45(49-30-50-46(44)53)52-37-18-24-40(57-7)25-19-37)60-42(41)29-58-47(34-12-9-8-10-13-34,35-14-20-38(55-5)21-15-35)36-16-22-39(56-6)23-17-36/h8-10,12-25,30-33,41-43H,11,27-29H2,1-7H3,(H,49,50,52)/t41-,42+,43+,62?/m0/s1. The highest BCUT2D eigenvalue weighted by molar-refractivity contribution is 7.44. The van der Waals surface area contributed by atoms with E-state index in [9.17, 15) is 5.26 Å². The molecule has 324 valence electrons. The minimum absolute atomic E-state index is 0.0952. The van der Waals surface area contributed by atoms with Crippen LogP contribution in [0.25, 0.3) is 11.2 Å². The van der Waals surface area contributed by atoms with E-state index >= 15 is 0 Å². The van der Waals surface area contributed by atoms with E-state index in [2.05, 4.69) is 65.9 Å². The summed E-state index contributed by atoms with van der Waals surface area (Å²) in [6.45, 7) is 8.82. The van der Waals surface area contributed by atoms with Gasteiger partial charge >= 0.3 is 0 Å². The molecule has 62 heavy (non-hydrogen) atoms. The molecule has 0 bridgehead atoms. The summed E-state index contributed by atoms with van der Waals surface area (Å²) < 4.78 is 48.6. The van der Waals surface area contributed by atoms with Crippen molar-refractivity contribution < 1.29 is 32.7 Å². The van der Waals surface area contributed by atoms with Crippen molar-refractivity contribution in [2.45, 2.75) is 76.7 Å². The van der Waals surface area contributed by atoms with Crippen LogP contribution in [0.5, 0.6) is 17.2 Å². The van der Waals surface area contributed by atoms with Crippen molar-refractivity contribution in [1.82, 2.24) is 24.2 Å². The molecule has 6 aromatic rings. The average Bonchev–Trinajstić information content (AvgIpc) is 3.92. The summed E-state index contributed by atoms with van der Waals surface area (Å²) in [5.41, 5.74) is 3.60. The summed E-state index contributed by atoms with van der Waals surface area (Å²) in [5, 5.41) is 12.8. The maximum atomic E-state index is 9.44. The zero-order valence-corrected chi connectivity index (χ0v) is 37.1. The number of anilines is 2. The maximum Gasteiger partial charge on any atom is 0.259 e. The van der Waals surface area contributed by atoms with Crippen molar-refractivity contribution in [2.75, 3.05) is 39.9 Å². The smallest absolute Gasteiger partial charge is 0.259 e. The van der Waals surface area contributed by atoms with Gasteiger partial charge in [0.15, 0.2) is 17.0 Å². The number of nitrogens with zero attached hydrogens (tertiary/aromatic N) is 6. The normalized spacial score (nSPS) is 17.1. The van der Waals surface area contributed by atoms with Gasteiger partial charge in [0.05, 0.1) is 59.5 Å². The van der Waals surface area contributed by atoms with E-state index in [1.807, 2.05) is 95.6 Å². The third-order valence-electron chi connectivity index (χ3n) is 10.7. The summed E-state index contributed by atoms with van der Waals surface area (Å²) in [6, 6.07) is 36.0. The third-order valence-corrected chi connectivity index (χ3v) is 12.9. The molecule has 2 aromatic heterocycles. The Morgan fingerprint density at radius 3 is 1.95 bits per heavy atom. The minimum Gasteiger partial charge on any atom is -0.497 e. The van der Waals surface area contributed by atoms with Gasteiger partial charge in [0.25, 0.3) is 8.53 Å². The highest BCUT2D eigenvalue weighted by Gasteiger charge is 2.45. The summed E-state index contributed by atoms with van der Waals surface area (Å²) in [5.74, 6) is 2.75. The molecule has 0 radical (unpaired) electrons. The number of fused-ring (bicyclic) bond motifs is 1. The number of nitrogens with one attached hydrogen (secondary N) is 1. The molecule has 7 rings (SSSR count). The van der Waals surface area contributed by atoms with Gasteiger partial charge in [-0.2, -0.15) is 5.26 Å². The Hall–Kier alpha value is -5.65. The molecule has 1 saturated heterocycles. The molecule has 1 aliphatic rings. The fourth-order valence-corrected chi connectivity index (χ4v) is 9.55. The summed E-state index contributed by atoms with van der Waals surface area (Å²) in [6.07, 6.45) is 2.26. The van der Waals surface area contributed by atoms with E-state index in [0.717, 1.165) is 39.6 Å². The molecule has 3 heterocycles. The van der Waals surface area contributed by atoms with E-state index in [4.69, 9.17) is 37.7 Å². The van der Waals surface area contributed by atoms with E-state index in [0.29, 0.717) is 23.4 Å².